The molecule has 7 rings (SSSR count). The van der Waals surface area contributed by atoms with Crippen LogP contribution in [0.25, 0.3) is 0 Å². The molecule has 4 N–H and O–H groups in total. The number of carbonyl (C=O) groups excluding carboxylic acids is 2. The molecule has 15 nitrogen and oxygen atoms in total. The third-order valence-corrected chi connectivity index (χ3v) is 16.7. The highest BCUT2D eigenvalue weighted by Gasteiger charge is 2.48. The van der Waals surface area contributed by atoms with Gasteiger partial charge in [-0.15, -0.1) is 0 Å². The van der Waals surface area contributed by atoms with Gasteiger partial charge in [-0.25, -0.2) is 25.3 Å². The lowest BCUT2D eigenvalue weighted by Gasteiger charge is -2.44. The first-order valence-electron chi connectivity index (χ1n) is 18.0. The standard InChI is InChI=1S/C20H21Cl2N3O4S.C11H11Cl2NO4S.C6H3Cl3O3S/c21-16-10-15(11-17(22)19(16)27)30(28,29)24-8-6-20(7-9-24)23-12-18(26)25(20)13-14-4-2-1-3-5-14;12-9-5-8(6-10(13)11(9)16)19(17,18)14-3-1-7(15)2-4-14;7-4-1-3(13(9,11)12)2-5(8)6(4)10/h1-5,10-11,23,27H,6-9,12-13H2;5-6,16H,1-4H2;1-2,10H. The Labute approximate surface area is 392 Å². The summed E-state index contributed by atoms with van der Waals surface area (Å²) >= 11 is 34.2. The average molecular weight is 1060 g/mol. The van der Waals surface area contributed by atoms with Crippen LogP contribution in [0.15, 0.2) is 81.4 Å². The number of nitrogens with one attached hydrogen (secondary N) is 1. The third kappa shape index (κ3) is 11.5. The first-order valence-corrected chi connectivity index (χ1v) is 25.4. The van der Waals surface area contributed by atoms with E-state index >= 15 is 0 Å². The van der Waals surface area contributed by atoms with E-state index in [-0.39, 0.29) is 119 Å². The van der Waals surface area contributed by atoms with Gasteiger partial charge in [-0.05, 0) is 54.8 Å². The molecule has 0 aliphatic carbocycles. The molecule has 4 aromatic carbocycles. The van der Waals surface area contributed by atoms with Gasteiger partial charge >= 0.3 is 0 Å². The van der Waals surface area contributed by atoms with Crippen molar-refractivity contribution in [2.45, 2.75) is 52.6 Å². The number of amides is 1. The van der Waals surface area contributed by atoms with Gasteiger partial charge in [-0.3, -0.25) is 14.9 Å². The second-order valence-electron chi connectivity index (χ2n) is 13.8. The number of phenols is 3. The zero-order valence-corrected chi connectivity index (χ0v) is 39.5. The van der Waals surface area contributed by atoms with E-state index < -0.39 is 34.8 Å². The monoisotopic (exact) mass is 1050 g/mol. The van der Waals surface area contributed by atoms with E-state index in [1.807, 2.05) is 35.2 Å². The smallest absolute Gasteiger partial charge is 0.261 e. The number of piperidine rings is 2. The Hall–Kier alpha value is -2.82. The van der Waals surface area contributed by atoms with Crippen LogP contribution in [0.1, 0.15) is 31.2 Å². The summed E-state index contributed by atoms with van der Waals surface area (Å²) in [5.74, 6) is -1.01. The van der Waals surface area contributed by atoms with Gasteiger partial charge < -0.3 is 20.2 Å². The number of phenolic OH excluding ortho intramolecular Hbond substituents is 3. The molecule has 3 aliphatic rings. The minimum Gasteiger partial charge on any atom is -0.505 e. The Morgan fingerprint density at radius 1 is 0.581 bits per heavy atom. The van der Waals surface area contributed by atoms with E-state index in [0.717, 1.165) is 29.8 Å². The summed E-state index contributed by atoms with van der Waals surface area (Å²) in [4.78, 5) is 25.1. The third-order valence-electron chi connectivity index (χ3n) is 9.93. The molecule has 0 radical (unpaired) electrons. The number of hydrogen-bond acceptors (Lipinski definition) is 12. The summed E-state index contributed by atoms with van der Waals surface area (Å²) < 4.78 is 75.0. The largest absolute Gasteiger partial charge is 0.505 e. The van der Waals surface area contributed by atoms with Crippen molar-refractivity contribution in [1.82, 2.24) is 18.8 Å². The molecular formula is C37H35Cl7N4O11S3. The number of Topliss-reactive ketones (excluding diaryl/α,β-unsaturated/α-hetero) is 1. The van der Waals surface area contributed by atoms with Crippen molar-refractivity contribution in [2.75, 3.05) is 32.7 Å². The molecule has 0 bridgehead atoms. The van der Waals surface area contributed by atoms with Crippen molar-refractivity contribution >= 4 is 121 Å². The van der Waals surface area contributed by atoms with E-state index in [9.17, 15) is 45.1 Å². The number of benzene rings is 4. The van der Waals surface area contributed by atoms with Crippen LogP contribution < -0.4 is 5.32 Å². The molecular weight excluding hydrogens is 1020 g/mol. The fourth-order valence-electron chi connectivity index (χ4n) is 6.56. The Bertz CT molecular complexity index is 2630. The molecule has 336 valence electrons. The molecule has 25 heteroatoms. The maximum Gasteiger partial charge on any atom is 0.261 e. The number of carbonyl (C=O) groups is 2. The molecule has 0 unspecified atom stereocenters. The summed E-state index contributed by atoms with van der Waals surface area (Å²) in [6.45, 7) is 1.49. The van der Waals surface area contributed by atoms with Crippen LogP contribution in [0.2, 0.25) is 30.1 Å². The Balaban J connectivity index is 0.000000194. The van der Waals surface area contributed by atoms with E-state index in [1.54, 1.807) is 0 Å². The van der Waals surface area contributed by atoms with Crippen LogP contribution in [0.5, 0.6) is 17.2 Å². The molecule has 62 heavy (non-hydrogen) atoms. The van der Waals surface area contributed by atoms with E-state index in [2.05, 4.69) is 5.32 Å². The van der Waals surface area contributed by atoms with Crippen molar-refractivity contribution in [3.8, 4) is 17.2 Å². The van der Waals surface area contributed by atoms with Gasteiger partial charge in [0, 0.05) is 56.2 Å². The summed E-state index contributed by atoms with van der Waals surface area (Å²) in [5, 5.41) is 30.7. The molecule has 1 spiro atoms. The van der Waals surface area contributed by atoms with Gasteiger partial charge in [0.15, 0.2) is 17.2 Å². The number of nitrogens with zero attached hydrogens (tertiary/aromatic N) is 3. The fraction of sp³-hybridized carbons (Fsp3) is 0.297. The van der Waals surface area contributed by atoms with Gasteiger partial charge in [0.05, 0.1) is 57.0 Å². The van der Waals surface area contributed by atoms with Crippen molar-refractivity contribution in [3.05, 3.63) is 102 Å². The minimum atomic E-state index is -3.87. The molecule has 0 aromatic heterocycles. The zero-order chi connectivity index (χ0) is 45.9. The van der Waals surface area contributed by atoms with Gasteiger partial charge in [-0.1, -0.05) is 99.9 Å². The molecule has 3 heterocycles. The first-order chi connectivity index (χ1) is 28.9. The van der Waals surface area contributed by atoms with Crippen LogP contribution in [0, 0.1) is 0 Å². The predicted octanol–water partition coefficient (Wildman–Crippen LogP) is 7.49. The van der Waals surface area contributed by atoms with Crippen molar-refractivity contribution in [1.29, 1.82) is 0 Å². The highest BCUT2D eigenvalue weighted by Crippen LogP contribution is 2.39. The lowest BCUT2D eigenvalue weighted by molar-refractivity contribution is -0.132. The normalized spacial score (nSPS) is 17.3. The van der Waals surface area contributed by atoms with Crippen molar-refractivity contribution in [3.63, 3.8) is 0 Å². The van der Waals surface area contributed by atoms with Crippen LogP contribution >= 0.6 is 80.3 Å². The summed E-state index contributed by atoms with van der Waals surface area (Å²) in [6, 6.07) is 16.4. The molecule has 3 fully saturated rings. The number of halogens is 7. The fourth-order valence-corrected chi connectivity index (χ4v) is 12.2. The molecule has 0 atom stereocenters. The summed E-state index contributed by atoms with van der Waals surface area (Å²) in [7, 11) is -6.43. The number of rotatable bonds is 7. The highest BCUT2D eigenvalue weighted by atomic mass is 35.7. The van der Waals surface area contributed by atoms with Gasteiger partial charge in [0.1, 0.15) is 5.78 Å². The van der Waals surface area contributed by atoms with Crippen molar-refractivity contribution < 1.29 is 50.2 Å². The number of aromatic hydroxyl groups is 3. The lowest BCUT2D eigenvalue weighted by atomic mass is 9.96. The average Bonchev–Trinajstić information content (AvgIpc) is 3.50. The number of sulfonamides is 2. The van der Waals surface area contributed by atoms with Gasteiger partial charge in [0.25, 0.3) is 9.05 Å². The number of hydrogen-bond donors (Lipinski definition) is 4. The minimum absolute atomic E-state index is 0.00672. The van der Waals surface area contributed by atoms with E-state index in [1.165, 1.54) is 20.7 Å². The Morgan fingerprint density at radius 2 is 0.952 bits per heavy atom. The lowest BCUT2D eigenvalue weighted by Crippen LogP contribution is -2.58. The van der Waals surface area contributed by atoms with E-state index in [4.69, 9.17) is 85.4 Å². The topological polar surface area (TPSA) is 219 Å². The second kappa shape index (κ2) is 20.1. The van der Waals surface area contributed by atoms with Crippen molar-refractivity contribution in [2.24, 2.45) is 0 Å². The highest BCUT2D eigenvalue weighted by molar-refractivity contribution is 8.13. The van der Waals surface area contributed by atoms with Gasteiger partial charge in [0.2, 0.25) is 26.0 Å². The molecule has 1 amide bonds. The quantitative estimate of drug-likeness (QED) is 0.132. The molecule has 0 saturated carbocycles. The summed E-state index contributed by atoms with van der Waals surface area (Å²) in [5.41, 5.74) is 0.459. The zero-order valence-electron chi connectivity index (χ0n) is 31.7. The van der Waals surface area contributed by atoms with E-state index in [0.29, 0.717) is 19.4 Å². The van der Waals surface area contributed by atoms with Crippen LogP contribution in [-0.4, -0.2) is 104 Å². The molecule has 4 aromatic rings. The van der Waals surface area contributed by atoms with Crippen LogP contribution in [-0.2, 0) is 45.2 Å². The second-order valence-corrected chi connectivity index (χ2v) is 22.7. The Morgan fingerprint density at radius 3 is 1.34 bits per heavy atom. The first kappa shape index (κ1) is 50.2. The number of ketones is 1. The maximum atomic E-state index is 13.1. The van der Waals surface area contributed by atoms with Crippen LogP contribution in [0.4, 0.5) is 0 Å². The van der Waals surface area contributed by atoms with Crippen LogP contribution in [0.3, 0.4) is 0 Å². The summed E-state index contributed by atoms with van der Waals surface area (Å²) in [6.07, 6.45) is 1.34. The Kier molecular flexibility index (Phi) is 16.3. The molecule has 3 aliphatic heterocycles. The maximum absolute atomic E-state index is 13.1. The molecule has 3 saturated heterocycles. The SMILES string of the molecule is O=C1CCN(S(=O)(=O)c2cc(Cl)c(O)c(Cl)c2)CC1.O=C1CNC2(CCN(S(=O)(=O)c3cc(Cl)c(O)c(Cl)c3)CC2)N1Cc1ccccc1.O=S(=O)(Cl)c1cc(Cl)c(O)c(Cl)c1. The van der Waals surface area contributed by atoms with Gasteiger partial charge in [-0.2, -0.15) is 8.61 Å². The predicted molar refractivity (Wildman–Crippen MR) is 236 cm³/mol.